The molecule has 0 aliphatic heterocycles. The first-order chi connectivity index (χ1) is 13.4. The van der Waals surface area contributed by atoms with Gasteiger partial charge in [-0.1, -0.05) is 25.3 Å². The lowest BCUT2D eigenvalue weighted by molar-refractivity contribution is -0.137. The summed E-state index contributed by atoms with van der Waals surface area (Å²) in [7, 11) is 0. The molecule has 148 valence electrons. The summed E-state index contributed by atoms with van der Waals surface area (Å²) in [5.74, 6) is 0.522. The van der Waals surface area contributed by atoms with Gasteiger partial charge in [-0.2, -0.15) is 13.2 Å². The zero-order chi connectivity index (χ0) is 19.7. The summed E-state index contributed by atoms with van der Waals surface area (Å²) >= 11 is 0. The lowest BCUT2D eigenvalue weighted by Crippen LogP contribution is -2.22. The molecule has 7 heteroatoms. The number of nitrogens with one attached hydrogen (secondary N) is 2. The molecule has 0 bridgehead atoms. The van der Waals surface area contributed by atoms with Gasteiger partial charge in [0.1, 0.15) is 0 Å². The predicted molar refractivity (Wildman–Crippen MR) is 104 cm³/mol. The normalized spacial score (nSPS) is 15.8. The Morgan fingerprint density at radius 1 is 1.04 bits per heavy atom. The van der Waals surface area contributed by atoms with Crippen LogP contribution in [0.5, 0.6) is 0 Å². The van der Waals surface area contributed by atoms with E-state index in [1.165, 1.54) is 25.3 Å². The number of benzene rings is 2. The van der Waals surface area contributed by atoms with Gasteiger partial charge in [0.15, 0.2) is 0 Å². The van der Waals surface area contributed by atoms with E-state index in [0.29, 0.717) is 29.4 Å². The molecule has 4 nitrogen and oxygen atoms in total. The minimum Gasteiger partial charge on any atom is -0.355 e. The number of hydrogen-bond donors (Lipinski definition) is 2. The molecule has 1 aromatic heterocycles. The van der Waals surface area contributed by atoms with Crippen LogP contribution in [0.25, 0.3) is 11.0 Å². The van der Waals surface area contributed by atoms with Gasteiger partial charge >= 0.3 is 11.9 Å². The second kappa shape index (κ2) is 7.37. The SMILES string of the molecule is O=c1[nH]c2cc(Nc3cccc(C(F)(F)F)c3)ccc2n1CC1CCCCC1. The third kappa shape index (κ3) is 3.93. The maximum Gasteiger partial charge on any atom is 0.416 e. The van der Waals surface area contributed by atoms with Gasteiger partial charge < -0.3 is 10.3 Å². The number of nitrogens with zero attached hydrogens (tertiary/aromatic N) is 1. The van der Waals surface area contributed by atoms with Gasteiger partial charge in [-0.25, -0.2) is 4.79 Å². The monoisotopic (exact) mass is 389 g/mol. The Balaban J connectivity index is 1.58. The van der Waals surface area contributed by atoms with Crippen LogP contribution in [0.15, 0.2) is 47.3 Å². The Bertz CT molecular complexity index is 1030. The van der Waals surface area contributed by atoms with Crippen molar-refractivity contribution < 1.29 is 13.2 Å². The molecule has 0 unspecified atom stereocenters. The Kier molecular flexibility index (Phi) is 4.91. The van der Waals surface area contributed by atoms with E-state index in [2.05, 4.69) is 10.3 Å². The average Bonchev–Trinajstić information content (AvgIpc) is 2.97. The fraction of sp³-hybridized carbons (Fsp3) is 0.381. The maximum absolute atomic E-state index is 12.9. The highest BCUT2D eigenvalue weighted by Gasteiger charge is 2.30. The molecule has 2 aromatic carbocycles. The second-order valence-corrected chi connectivity index (χ2v) is 7.48. The fourth-order valence-electron chi connectivity index (χ4n) is 3.99. The van der Waals surface area contributed by atoms with Crippen LogP contribution in [0, 0.1) is 5.92 Å². The molecular formula is C21H22F3N3O. The molecule has 1 aliphatic carbocycles. The van der Waals surface area contributed by atoms with Crippen LogP contribution < -0.4 is 11.0 Å². The Morgan fingerprint density at radius 2 is 1.79 bits per heavy atom. The smallest absolute Gasteiger partial charge is 0.355 e. The van der Waals surface area contributed by atoms with Gasteiger partial charge in [0.25, 0.3) is 0 Å². The largest absolute Gasteiger partial charge is 0.416 e. The zero-order valence-electron chi connectivity index (χ0n) is 15.4. The minimum atomic E-state index is -4.39. The molecule has 4 rings (SSSR count). The van der Waals surface area contributed by atoms with Gasteiger partial charge in [-0.05, 0) is 55.2 Å². The van der Waals surface area contributed by atoms with Crippen LogP contribution in [-0.2, 0) is 12.7 Å². The van der Waals surface area contributed by atoms with Crippen LogP contribution in [0.4, 0.5) is 24.5 Å². The number of rotatable bonds is 4. The molecule has 3 aromatic rings. The van der Waals surface area contributed by atoms with Crippen molar-refractivity contribution in [2.45, 2.75) is 44.8 Å². The molecule has 0 spiro atoms. The first-order valence-corrected chi connectivity index (χ1v) is 9.57. The quantitative estimate of drug-likeness (QED) is 0.604. The Labute approximate surface area is 160 Å². The molecule has 0 amide bonds. The van der Waals surface area contributed by atoms with E-state index in [1.807, 2.05) is 6.07 Å². The average molecular weight is 389 g/mol. The van der Waals surface area contributed by atoms with Crippen molar-refractivity contribution in [3.05, 3.63) is 58.5 Å². The van der Waals surface area contributed by atoms with Gasteiger partial charge in [0, 0.05) is 17.9 Å². The Morgan fingerprint density at radius 3 is 2.54 bits per heavy atom. The van der Waals surface area contributed by atoms with Crippen LogP contribution in [0.1, 0.15) is 37.7 Å². The van der Waals surface area contributed by atoms with Gasteiger partial charge in [-0.3, -0.25) is 4.57 Å². The van der Waals surface area contributed by atoms with E-state index >= 15 is 0 Å². The lowest BCUT2D eigenvalue weighted by atomic mass is 9.89. The predicted octanol–water partition coefficient (Wildman–Crippen LogP) is 5.67. The molecule has 1 aliphatic rings. The summed E-state index contributed by atoms with van der Waals surface area (Å²) in [6.07, 6.45) is 1.61. The van der Waals surface area contributed by atoms with Crippen LogP contribution in [0.3, 0.4) is 0 Å². The summed E-state index contributed by atoms with van der Waals surface area (Å²) < 4.78 is 40.4. The number of aromatic amines is 1. The molecular weight excluding hydrogens is 367 g/mol. The number of hydrogen-bond acceptors (Lipinski definition) is 2. The first kappa shape index (κ1) is 18.7. The van der Waals surface area contributed by atoms with Crippen molar-refractivity contribution in [3.8, 4) is 0 Å². The third-order valence-corrected chi connectivity index (χ3v) is 5.42. The summed E-state index contributed by atoms with van der Waals surface area (Å²) in [5, 5.41) is 2.99. The number of halogens is 3. The number of alkyl halides is 3. The topological polar surface area (TPSA) is 49.8 Å². The van der Waals surface area contributed by atoms with Crippen LogP contribution in [0.2, 0.25) is 0 Å². The summed E-state index contributed by atoms with van der Waals surface area (Å²) in [4.78, 5) is 15.3. The summed E-state index contributed by atoms with van der Waals surface area (Å²) in [6, 6.07) is 10.4. The van der Waals surface area contributed by atoms with Crippen molar-refractivity contribution in [1.29, 1.82) is 0 Å². The van der Waals surface area contributed by atoms with Gasteiger partial charge in [0.2, 0.25) is 0 Å². The number of anilines is 2. The minimum absolute atomic E-state index is 0.142. The van der Waals surface area contributed by atoms with Crippen LogP contribution >= 0.6 is 0 Å². The first-order valence-electron chi connectivity index (χ1n) is 9.57. The van der Waals surface area contributed by atoms with E-state index in [4.69, 9.17) is 0 Å². The second-order valence-electron chi connectivity index (χ2n) is 7.48. The number of imidazole rings is 1. The van der Waals surface area contributed by atoms with Crippen molar-refractivity contribution >= 4 is 22.4 Å². The fourth-order valence-corrected chi connectivity index (χ4v) is 3.99. The lowest BCUT2D eigenvalue weighted by Gasteiger charge is -2.21. The maximum atomic E-state index is 12.9. The van der Waals surface area contributed by atoms with E-state index in [9.17, 15) is 18.0 Å². The molecule has 1 heterocycles. The van der Waals surface area contributed by atoms with E-state index in [-0.39, 0.29) is 5.69 Å². The highest BCUT2D eigenvalue weighted by Crippen LogP contribution is 2.32. The molecule has 0 atom stereocenters. The number of fused-ring (bicyclic) bond motifs is 1. The van der Waals surface area contributed by atoms with Crippen molar-refractivity contribution in [2.24, 2.45) is 5.92 Å². The molecule has 0 saturated heterocycles. The van der Waals surface area contributed by atoms with E-state index in [1.54, 1.807) is 22.8 Å². The summed E-state index contributed by atoms with van der Waals surface area (Å²) in [5.41, 5.74) is 1.63. The number of aromatic nitrogens is 2. The van der Waals surface area contributed by atoms with E-state index < -0.39 is 11.7 Å². The highest BCUT2D eigenvalue weighted by molar-refractivity contribution is 5.81. The zero-order valence-corrected chi connectivity index (χ0v) is 15.4. The van der Waals surface area contributed by atoms with Crippen LogP contribution in [-0.4, -0.2) is 9.55 Å². The number of H-pyrrole nitrogens is 1. The van der Waals surface area contributed by atoms with Gasteiger partial charge in [0.05, 0.1) is 16.6 Å². The molecule has 28 heavy (non-hydrogen) atoms. The molecule has 0 radical (unpaired) electrons. The van der Waals surface area contributed by atoms with Gasteiger partial charge in [-0.15, -0.1) is 0 Å². The summed E-state index contributed by atoms with van der Waals surface area (Å²) in [6.45, 7) is 0.708. The highest BCUT2D eigenvalue weighted by atomic mass is 19.4. The van der Waals surface area contributed by atoms with Crippen molar-refractivity contribution in [3.63, 3.8) is 0 Å². The van der Waals surface area contributed by atoms with E-state index in [0.717, 1.165) is 30.5 Å². The third-order valence-electron chi connectivity index (χ3n) is 5.42. The molecule has 1 saturated carbocycles. The molecule has 1 fully saturated rings. The Hall–Kier alpha value is -2.70. The van der Waals surface area contributed by atoms with Crippen molar-refractivity contribution in [2.75, 3.05) is 5.32 Å². The van der Waals surface area contributed by atoms with Crippen molar-refractivity contribution in [1.82, 2.24) is 9.55 Å². The standard InChI is InChI=1S/C21H22F3N3O/c22-21(23,24)15-7-4-8-16(11-15)25-17-9-10-19-18(12-17)26-20(28)27(19)13-14-5-2-1-3-6-14/h4,7-12,14,25H,1-3,5-6,13H2,(H,26,28). The molecule has 2 N–H and O–H groups in total.